The molecule has 1 aliphatic carbocycles. The SMILES string of the molecule is CC1C(=O)NC(C2CC2)C(=O)N1Cc1nccs1. The fourth-order valence-electron chi connectivity index (χ4n) is 2.29. The van der Waals surface area contributed by atoms with Crippen LogP contribution in [0.3, 0.4) is 0 Å². The largest absolute Gasteiger partial charge is 0.342 e. The Balaban J connectivity index is 1.80. The van der Waals surface area contributed by atoms with Gasteiger partial charge in [-0.2, -0.15) is 0 Å². The van der Waals surface area contributed by atoms with Crippen LogP contribution in [0.15, 0.2) is 11.6 Å². The number of carbonyl (C=O) groups is 2. The molecule has 1 aromatic heterocycles. The van der Waals surface area contributed by atoms with E-state index in [1.807, 2.05) is 5.38 Å². The van der Waals surface area contributed by atoms with Gasteiger partial charge in [-0.25, -0.2) is 4.98 Å². The molecule has 2 unspecified atom stereocenters. The molecule has 18 heavy (non-hydrogen) atoms. The van der Waals surface area contributed by atoms with Gasteiger partial charge in [0.05, 0.1) is 6.54 Å². The van der Waals surface area contributed by atoms with Gasteiger partial charge in [0.2, 0.25) is 11.8 Å². The normalized spacial score (nSPS) is 28.4. The van der Waals surface area contributed by atoms with Crippen LogP contribution in [-0.4, -0.2) is 33.8 Å². The zero-order valence-corrected chi connectivity index (χ0v) is 10.9. The fourth-order valence-corrected chi connectivity index (χ4v) is 2.90. The van der Waals surface area contributed by atoms with Gasteiger partial charge in [0.25, 0.3) is 0 Å². The molecule has 0 aromatic carbocycles. The molecule has 2 fully saturated rings. The molecule has 1 saturated heterocycles. The molecule has 0 radical (unpaired) electrons. The lowest BCUT2D eigenvalue weighted by Gasteiger charge is -2.37. The maximum Gasteiger partial charge on any atom is 0.246 e. The summed E-state index contributed by atoms with van der Waals surface area (Å²) >= 11 is 1.51. The van der Waals surface area contributed by atoms with Crippen LogP contribution in [0.4, 0.5) is 0 Å². The highest BCUT2D eigenvalue weighted by atomic mass is 32.1. The summed E-state index contributed by atoms with van der Waals surface area (Å²) in [5.74, 6) is 0.329. The predicted octanol–water partition coefficient (Wildman–Crippen LogP) is 0.769. The van der Waals surface area contributed by atoms with Crippen LogP contribution in [-0.2, 0) is 16.1 Å². The van der Waals surface area contributed by atoms with Crippen molar-refractivity contribution in [2.24, 2.45) is 5.92 Å². The Morgan fingerprint density at radius 1 is 1.50 bits per heavy atom. The Labute approximate surface area is 109 Å². The van der Waals surface area contributed by atoms with E-state index in [0.717, 1.165) is 17.8 Å². The summed E-state index contributed by atoms with van der Waals surface area (Å²) in [6.07, 6.45) is 3.80. The summed E-state index contributed by atoms with van der Waals surface area (Å²) in [5.41, 5.74) is 0. The second-order valence-electron chi connectivity index (χ2n) is 4.89. The van der Waals surface area contributed by atoms with Crippen LogP contribution in [0.5, 0.6) is 0 Å². The van der Waals surface area contributed by atoms with Crippen LogP contribution >= 0.6 is 11.3 Å². The van der Waals surface area contributed by atoms with Crippen molar-refractivity contribution in [1.29, 1.82) is 0 Å². The Kier molecular flexibility index (Phi) is 2.81. The number of carbonyl (C=O) groups excluding carboxylic acids is 2. The maximum absolute atomic E-state index is 12.4. The quantitative estimate of drug-likeness (QED) is 0.878. The molecule has 1 N–H and O–H groups in total. The molecular weight excluding hydrogens is 250 g/mol. The first-order valence-electron chi connectivity index (χ1n) is 6.16. The van der Waals surface area contributed by atoms with Gasteiger partial charge in [-0.1, -0.05) is 0 Å². The maximum atomic E-state index is 12.4. The Hall–Kier alpha value is -1.43. The number of hydrogen-bond donors (Lipinski definition) is 1. The fraction of sp³-hybridized carbons (Fsp3) is 0.583. The van der Waals surface area contributed by atoms with E-state index in [-0.39, 0.29) is 17.9 Å². The van der Waals surface area contributed by atoms with Gasteiger partial charge >= 0.3 is 0 Å². The minimum atomic E-state index is -0.406. The van der Waals surface area contributed by atoms with Gasteiger partial charge in [0.1, 0.15) is 17.1 Å². The lowest BCUT2D eigenvalue weighted by molar-refractivity contribution is -0.149. The lowest BCUT2D eigenvalue weighted by atomic mass is 10.0. The first-order chi connectivity index (χ1) is 8.66. The standard InChI is InChI=1S/C12H15N3O2S/c1-7-11(16)14-10(8-2-3-8)12(17)15(7)6-9-13-4-5-18-9/h4-5,7-8,10H,2-3,6H2,1H3,(H,14,16). The minimum absolute atomic E-state index is 0.0415. The van der Waals surface area contributed by atoms with Crippen LogP contribution < -0.4 is 5.32 Å². The van der Waals surface area contributed by atoms with Gasteiger partial charge in [0.15, 0.2) is 0 Å². The highest BCUT2D eigenvalue weighted by Crippen LogP contribution is 2.35. The van der Waals surface area contributed by atoms with Gasteiger partial charge in [0, 0.05) is 11.6 Å². The molecule has 96 valence electrons. The van der Waals surface area contributed by atoms with Gasteiger partial charge in [-0.05, 0) is 25.7 Å². The van der Waals surface area contributed by atoms with Crippen LogP contribution in [0.1, 0.15) is 24.8 Å². The predicted molar refractivity (Wildman–Crippen MR) is 66.8 cm³/mol. The molecule has 5 nitrogen and oxygen atoms in total. The molecule has 1 aromatic rings. The third kappa shape index (κ3) is 2.01. The molecule has 3 rings (SSSR count). The second-order valence-corrected chi connectivity index (χ2v) is 5.87. The number of nitrogens with zero attached hydrogens (tertiary/aromatic N) is 2. The zero-order chi connectivity index (χ0) is 12.7. The molecule has 2 amide bonds. The van der Waals surface area contributed by atoms with Crippen molar-refractivity contribution < 1.29 is 9.59 Å². The third-order valence-electron chi connectivity index (χ3n) is 3.58. The average Bonchev–Trinajstić information content (AvgIpc) is 3.07. The average molecular weight is 265 g/mol. The van der Waals surface area contributed by atoms with E-state index < -0.39 is 6.04 Å². The van der Waals surface area contributed by atoms with Crippen LogP contribution in [0.25, 0.3) is 0 Å². The molecule has 0 bridgehead atoms. The van der Waals surface area contributed by atoms with E-state index in [4.69, 9.17) is 0 Å². The highest BCUT2D eigenvalue weighted by Gasteiger charge is 2.45. The van der Waals surface area contributed by atoms with Crippen molar-refractivity contribution in [1.82, 2.24) is 15.2 Å². The highest BCUT2D eigenvalue weighted by molar-refractivity contribution is 7.09. The second kappa shape index (κ2) is 4.35. The molecule has 2 heterocycles. The van der Waals surface area contributed by atoms with Crippen molar-refractivity contribution in [3.63, 3.8) is 0 Å². The molecular formula is C12H15N3O2S. The van der Waals surface area contributed by atoms with E-state index in [1.165, 1.54) is 11.3 Å². The first-order valence-corrected chi connectivity index (χ1v) is 7.04. The van der Waals surface area contributed by atoms with Gasteiger partial charge < -0.3 is 10.2 Å². The van der Waals surface area contributed by atoms with Crippen LogP contribution in [0, 0.1) is 5.92 Å². The topological polar surface area (TPSA) is 62.3 Å². The van der Waals surface area contributed by atoms with Crippen molar-refractivity contribution in [2.45, 2.75) is 38.4 Å². The number of nitrogens with one attached hydrogen (secondary N) is 1. The molecule has 1 aliphatic heterocycles. The molecule has 2 atom stereocenters. The summed E-state index contributed by atoms with van der Waals surface area (Å²) in [5, 5.41) is 5.60. The first kappa shape index (κ1) is 11.6. The van der Waals surface area contributed by atoms with Crippen molar-refractivity contribution in [3.8, 4) is 0 Å². The number of piperazine rings is 1. The molecule has 1 saturated carbocycles. The zero-order valence-electron chi connectivity index (χ0n) is 10.1. The number of rotatable bonds is 3. The summed E-state index contributed by atoms with van der Waals surface area (Å²) in [4.78, 5) is 30.1. The van der Waals surface area contributed by atoms with Crippen molar-refractivity contribution in [3.05, 3.63) is 16.6 Å². The Morgan fingerprint density at radius 2 is 2.28 bits per heavy atom. The summed E-state index contributed by atoms with van der Waals surface area (Å²) < 4.78 is 0. The summed E-state index contributed by atoms with van der Waals surface area (Å²) in [7, 11) is 0. The smallest absolute Gasteiger partial charge is 0.246 e. The number of thiazole rings is 1. The summed E-state index contributed by atoms with van der Waals surface area (Å²) in [6, 6.07) is -0.718. The molecule has 0 spiro atoms. The Morgan fingerprint density at radius 3 is 2.89 bits per heavy atom. The number of amides is 2. The van der Waals surface area contributed by atoms with E-state index in [2.05, 4.69) is 10.3 Å². The Bertz CT molecular complexity index is 470. The van der Waals surface area contributed by atoms with Crippen LogP contribution in [0.2, 0.25) is 0 Å². The van der Waals surface area contributed by atoms with Gasteiger partial charge in [-0.15, -0.1) is 11.3 Å². The number of aromatic nitrogens is 1. The lowest BCUT2D eigenvalue weighted by Crippen LogP contribution is -2.62. The minimum Gasteiger partial charge on any atom is -0.342 e. The van der Waals surface area contributed by atoms with Crippen molar-refractivity contribution in [2.75, 3.05) is 0 Å². The summed E-state index contributed by atoms with van der Waals surface area (Å²) in [6.45, 7) is 2.21. The molecule has 6 heteroatoms. The number of hydrogen-bond acceptors (Lipinski definition) is 4. The van der Waals surface area contributed by atoms with Gasteiger partial charge in [-0.3, -0.25) is 9.59 Å². The van der Waals surface area contributed by atoms with E-state index >= 15 is 0 Å². The monoisotopic (exact) mass is 265 g/mol. The van der Waals surface area contributed by atoms with E-state index in [9.17, 15) is 9.59 Å². The molecule has 2 aliphatic rings. The van der Waals surface area contributed by atoms with E-state index in [0.29, 0.717) is 12.5 Å². The van der Waals surface area contributed by atoms with E-state index in [1.54, 1.807) is 18.0 Å². The third-order valence-corrected chi connectivity index (χ3v) is 4.34. The van der Waals surface area contributed by atoms with Crippen molar-refractivity contribution >= 4 is 23.2 Å².